The Balaban J connectivity index is 3.45. The van der Waals surface area contributed by atoms with Crippen LogP contribution in [-0.2, 0) is 19.1 Å². The summed E-state index contributed by atoms with van der Waals surface area (Å²) in [6, 6.07) is 0. The summed E-state index contributed by atoms with van der Waals surface area (Å²) in [6.07, 6.45) is 55.3. The van der Waals surface area contributed by atoms with Crippen molar-refractivity contribution in [2.45, 2.75) is 245 Å². The smallest absolute Gasteiger partial charge is 0.306 e. The second-order valence-electron chi connectivity index (χ2n) is 15.5. The summed E-state index contributed by atoms with van der Waals surface area (Å²) >= 11 is 0. The van der Waals surface area contributed by atoms with Gasteiger partial charge in [-0.3, -0.25) is 9.59 Å². The molecular weight excluding hydrogens is 657 g/mol. The van der Waals surface area contributed by atoms with Gasteiger partial charge in [0.15, 0.2) is 6.10 Å². The standard InChI is InChI=1S/C48H88O5/c1-3-5-7-9-11-13-15-17-18-19-20-21-22-23-24-25-26-27-28-29-31-32-34-36-38-40-42-47(50)52-45-46(44-49)53-48(51)43-41-39-37-35-33-30-16-14-12-10-8-6-4-2/h6,8,12,14,30,33,46,49H,3-5,7,9-11,13,15-29,31-32,34-45H2,1-2H3/b8-6-,14-12-,33-30-. The van der Waals surface area contributed by atoms with Crippen LogP contribution in [0.15, 0.2) is 36.5 Å². The van der Waals surface area contributed by atoms with Crippen LogP contribution in [-0.4, -0.2) is 36.4 Å². The van der Waals surface area contributed by atoms with E-state index >= 15 is 0 Å². The number of carbonyl (C=O) groups is 2. The van der Waals surface area contributed by atoms with E-state index in [-0.39, 0.29) is 25.2 Å². The van der Waals surface area contributed by atoms with Crippen LogP contribution in [0, 0.1) is 0 Å². The van der Waals surface area contributed by atoms with Gasteiger partial charge in [0, 0.05) is 12.8 Å². The number of aliphatic hydroxyl groups excluding tert-OH is 1. The molecule has 0 aliphatic heterocycles. The zero-order valence-electron chi connectivity index (χ0n) is 35.3. The molecular formula is C48H88O5. The Morgan fingerprint density at radius 3 is 1.23 bits per heavy atom. The highest BCUT2D eigenvalue weighted by molar-refractivity contribution is 5.70. The molecule has 1 atom stereocenters. The molecule has 0 spiro atoms. The fraction of sp³-hybridized carbons (Fsp3) is 0.833. The number of hydrogen-bond donors (Lipinski definition) is 1. The minimum absolute atomic E-state index is 0.0747. The summed E-state index contributed by atoms with van der Waals surface area (Å²) in [5.74, 6) is -0.617. The van der Waals surface area contributed by atoms with E-state index in [1.165, 1.54) is 148 Å². The molecule has 5 heteroatoms. The van der Waals surface area contributed by atoms with Gasteiger partial charge >= 0.3 is 11.9 Å². The van der Waals surface area contributed by atoms with Gasteiger partial charge in [0.1, 0.15) is 6.61 Å². The first-order valence-corrected chi connectivity index (χ1v) is 23.0. The number of allylic oxidation sites excluding steroid dienone is 6. The Hall–Kier alpha value is -1.88. The molecule has 0 saturated heterocycles. The molecule has 0 aromatic rings. The zero-order valence-corrected chi connectivity index (χ0v) is 35.3. The maximum atomic E-state index is 12.2. The molecule has 0 fully saturated rings. The molecule has 0 saturated carbocycles. The number of esters is 2. The topological polar surface area (TPSA) is 72.8 Å². The molecule has 0 amide bonds. The molecule has 1 N–H and O–H groups in total. The van der Waals surface area contributed by atoms with Crippen molar-refractivity contribution in [3.8, 4) is 0 Å². The second kappa shape index (κ2) is 44.5. The Labute approximate surface area is 329 Å². The Bertz CT molecular complexity index is 847. The third-order valence-electron chi connectivity index (χ3n) is 10.2. The number of rotatable bonds is 42. The molecule has 0 rings (SSSR count). The van der Waals surface area contributed by atoms with Crippen molar-refractivity contribution in [2.24, 2.45) is 0 Å². The number of ether oxygens (including phenoxy) is 2. The first kappa shape index (κ1) is 51.1. The molecule has 0 aromatic carbocycles. The van der Waals surface area contributed by atoms with E-state index in [2.05, 4.69) is 50.3 Å². The molecule has 53 heavy (non-hydrogen) atoms. The van der Waals surface area contributed by atoms with Crippen LogP contribution in [0.2, 0.25) is 0 Å². The van der Waals surface area contributed by atoms with Gasteiger partial charge in [-0.1, -0.05) is 217 Å². The average molecular weight is 745 g/mol. The molecule has 1 unspecified atom stereocenters. The Kier molecular flexibility index (Phi) is 42.9. The summed E-state index contributed by atoms with van der Waals surface area (Å²) in [6.45, 7) is 4.02. The third-order valence-corrected chi connectivity index (χ3v) is 10.2. The summed E-state index contributed by atoms with van der Waals surface area (Å²) in [7, 11) is 0. The summed E-state index contributed by atoms with van der Waals surface area (Å²) in [4.78, 5) is 24.3. The highest BCUT2D eigenvalue weighted by atomic mass is 16.6. The number of carbonyl (C=O) groups excluding carboxylic acids is 2. The average Bonchev–Trinajstić information content (AvgIpc) is 3.16. The fourth-order valence-corrected chi connectivity index (χ4v) is 6.75. The summed E-state index contributed by atoms with van der Waals surface area (Å²) in [5, 5.41) is 9.57. The normalized spacial score (nSPS) is 12.4. The van der Waals surface area contributed by atoms with E-state index in [1.54, 1.807) is 0 Å². The first-order valence-electron chi connectivity index (χ1n) is 23.0. The van der Waals surface area contributed by atoms with Gasteiger partial charge < -0.3 is 14.6 Å². The van der Waals surface area contributed by atoms with Crippen LogP contribution >= 0.6 is 0 Å². The zero-order chi connectivity index (χ0) is 38.6. The fourth-order valence-electron chi connectivity index (χ4n) is 6.75. The lowest BCUT2D eigenvalue weighted by atomic mass is 10.0. The molecule has 0 aliphatic rings. The predicted molar refractivity (Wildman–Crippen MR) is 228 cm³/mol. The van der Waals surface area contributed by atoms with Crippen LogP contribution in [0.1, 0.15) is 239 Å². The first-order chi connectivity index (χ1) is 26.1. The summed E-state index contributed by atoms with van der Waals surface area (Å²) in [5.41, 5.74) is 0. The highest BCUT2D eigenvalue weighted by Gasteiger charge is 2.16. The highest BCUT2D eigenvalue weighted by Crippen LogP contribution is 2.16. The molecule has 0 radical (unpaired) electrons. The van der Waals surface area contributed by atoms with Gasteiger partial charge in [-0.25, -0.2) is 0 Å². The van der Waals surface area contributed by atoms with E-state index in [9.17, 15) is 14.7 Å². The SMILES string of the molecule is CC/C=C\C/C=C\C/C=C\CCCCCC(=O)OC(CO)COC(=O)CCCCCCCCCCCCCCCCCCCCCCCCCCCC. The van der Waals surface area contributed by atoms with Crippen LogP contribution in [0.25, 0.3) is 0 Å². The van der Waals surface area contributed by atoms with Gasteiger partial charge in [-0.05, 0) is 44.9 Å². The lowest BCUT2D eigenvalue weighted by molar-refractivity contribution is -0.161. The lowest BCUT2D eigenvalue weighted by Gasteiger charge is -2.15. The van der Waals surface area contributed by atoms with Crippen molar-refractivity contribution in [3.05, 3.63) is 36.5 Å². The minimum atomic E-state index is -0.783. The predicted octanol–water partition coefficient (Wildman–Crippen LogP) is 14.8. The third kappa shape index (κ3) is 42.7. The number of unbranched alkanes of at least 4 members (excludes halogenated alkanes) is 28. The van der Waals surface area contributed by atoms with Crippen molar-refractivity contribution in [2.75, 3.05) is 13.2 Å². The number of aliphatic hydroxyl groups is 1. The second-order valence-corrected chi connectivity index (χ2v) is 15.5. The maximum Gasteiger partial charge on any atom is 0.306 e. The quantitative estimate of drug-likeness (QED) is 0.0383. The maximum absolute atomic E-state index is 12.2. The van der Waals surface area contributed by atoms with Crippen LogP contribution in [0.5, 0.6) is 0 Å². The van der Waals surface area contributed by atoms with Crippen molar-refractivity contribution < 1.29 is 24.2 Å². The van der Waals surface area contributed by atoms with Crippen LogP contribution in [0.4, 0.5) is 0 Å². The van der Waals surface area contributed by atoms with E-state index in [0.29, 0.717) is 12.8 Å². The van der Waals surface area contributed by atoms with Gasteiger partial charge in [0.25, 0.3) is 0 Å². The van der Waals surface area contributed by atoms with E-state index in [4.69, 9.17) is 9.47 Å². The van der Waals surface area contributed by atoms with E-state index < -0.39 is 6.10 Å². The molecule has 0 aliphatic carbocycles. The van der Waals surface area contributed by atoms with Gasteiger partial charge in [0.05, 0.1) is 6.61 Å². The van der Waals surface area contributed by atoms with Crippen LogP contribution < -0.4 is 0 Å². The molecule has 0 aromatic heterocycles. The van der Waals surface area contributed by atoms with E-state index in [0.717, 1.165) is 64.2 Å². The number of hydrogen-bond acceptors (Lipinski definition) is 5. The Morgan fingerprint density at radius 2 is 0.811 bits per heavy atom. The molecule has 5 nitrogen and oxygen atoms in total. The van der Waals surface area contributed by atoms with Crippen LogP contribution in [0.3, 0.4) is 0 Å². The van der Waals surface area contributed by atoms with Gasteiger partial charge in [-0.15, -0.1) is 0 Å². The lowest BCUT2D eigenvalue weighted by Crippen LogP contribution is -2.28. The largest absolute Gasteiger partial charge is 0.462 e. The van der Waals surface area contributed by atoms with Crippen molar-refractivity contribution in [1.82, 2.24) is 0 Å². The van der Waals surface area contributed by atoms with Crippen molar-refractivity contribution in [3.63, 3.8) is 0 Å². The van der Waals surface area contributed by atoms with Crippen molar-refractivity contribution in [1.29, 1.82) is 0 Å². The summed E-state index contributed by atoms with van der Waals surface area (Å²) < 4.78 is 10.6. The van der Waals surface area contributed by atoms with E-state index in [1.807, 2.05) is 0 Å². The molecule has 0 bridgehead atoms. The molecule has 310 valence electrons. The van der Waals surface area contributed by atoms with Gasteiger partial charge in [0.2, 0.25) is 0 Å². The Morgan fingerprint density at radius 1 is 0.453 bits per heavy atom. The monoisotopic (exact) mass is 745 g/mol. The minimum Gasteiger partial charge on any atom is -0.462 e. The molecule has 0 heterocycles. The van der Waals surface area contributed by atoms with Gasteiger partial charge in [-0.2, -0.15) is 0 Å². The van der Waals surface area contributed by atoms with Crippen molar-refractivity contribution >= 4 is 11.9 Å².